The first-order chi connectivity index (χ1) is 8.00. The zero-order chi connectivity index (χ0) is 12.9. The van der Waals surface area contributed by atoms with Crippen molar-refractivity contribution in [2.75, 3.05) is 30.0 Å². The third kappa shape index (κ3) is 4.35. The normalized spacial score (nSPS) is 11.4. The highest BCUT2D eigenvalue weighted by Crippen LogP contribution is 2.16. The molecule has 0 spiro atoms. The Morgan fingerprint density at radius 2 is 1.88 bits per heavy atom. The highest BCUT2D eigenvalue weighted by Gasteiger charge is 2.18. The Bertz CT molecular complexity index is 372. The van der Waals surface area contributed by atoms with Gasteiger partial charge in [-0.25, -0.2) is 0 Å². The van der Waals surface area contributed by atoms with Crippen molar-refractivity contribution in [2.45, 2.75) is 31.5 Å². The molecule has 0 fully saturated rings. The summed E-state index contributed by atoms with van der Waals surface area (Å²) in [6, 6.07) is 0. The summed E-state index contributed by atoms with van der Waals surface area (Å²) in [7, 11) is 0. The standard InChI is InChI=1S/C10H19N5OS/c1-5-11-7-12-8(14-9(13-7)17-4)15-10(2,3)6-16/h16H,5-6H2,1-4H3,(H2,11,12,13,14,15). The van der Waals surface area contributed by atoms with Crippen molar-refractivity contribution >= 4 is 23.7 Å². The van der Waals surface area contributed by atoms with Gasteiger partial charge < -0.3 is 15.7 Å². The third-order valence-electron chi connectivity index (χ3n) is 1.98. The molecule has 1 heterocycles. The Labute approximate surface area is 106 Å². The summed E-state index contributed by atoms with van der Waals surface area (Å²) >= 11 is 1.45. The lowest BCUT2D eigenvalue weighted by atomic mass is 10.1. The molecular weight excluding hydrogens is 238 g/mol. The van der Waals surface area contributed by atoms with Gasteiger partial charge in [0, 0.05) is 6.54 Å². The molecule has 0 saturated carbocycles. The minimum atomic E-state index is -0.458. The van der Waals surface area contributed by atoms with Crippen molar-refractivity contribution in [3.8, 4) is 0 Å². The van der Waals surface area contributed by atoms with Gasteiger partial charge in [0.15, 0.2) is 5.16 Å². The Balaban J connectivity index is 2.94. The molecule has 0 aliphatic carbocycles. The fourth-order valence-electron chi connectivity index (χ4n) is 1.08. The third-order valence-corrected chi connectivity index (χ3v) is 2.53. The molecule has 3 N–H and O–H groups in total. The van der Waals surface area contributed by atoms with Gasteiger partial charge in [-0.05, 0) is 27.0 Å². The molecule has 7 heteroatoms. The van der Waals surface area contributed by atoms with E-state index in [0.29, 0.717) is 17.1 Å². The molecule has 0 amide bonds. The van der Waals surface area contributed by atoms with Crippen LogP contribution in [0.2, 0.25) is 0 Å². The van der Waals surface area contributed by atoms with Crippen LogP contribution in [0.25, 0.3) is 0 Å². The van der Waals surface area contributed by atoms with E-state index in [9.17, 15) is 5.11 Å². The van der Waals surface area contributed by atoms with Crippen molar-refractivity contribution in [1.29, 1.82) is 0 Å². The van der Waals surface area contributed by atoms with Gasteiger partial charge in [-0.2, -0.15) is 15.0 Å². The van der Waals surface area contributed by atoms with Gasteiger partial charge in [0.1, 0.15) is 0 Å². The summed E-state index contributed by atoms with van der Waals surface area (Å²) in [5.74, 6) is 1.02. The topological polar surface area (TPSA) is 83.0 Å². The molecule has 0 saturated heterocycles. The first-order valence-corrected chi connectivity index (χ1v) is 6.66. The van der Waals surface area contributed by atoms with Crippen LogP contribution in [0.15, 0.2) is 5.16 Å². The first-order valence-electron chi connectivity index (χ1n) is 5.43. The molecule has 1 aromatic heterocycles. The van der Waals surface area contributed by atoms with E-state index in [1.807, 2.05) is 27.0 Å². The lowest BCUT2D eigenvalue weighted by Gasteiger charge is -2.23. The summed E-state index contributed by atoms with van der Waals surface area (Å²) < 4.78 is 0. The minimum absolute atomic E-state index is 0.00379. The van der Waals surface area contributed by atoms with Gasteiger partial charge in [-0.15, -0.1) is 0 Å². The van der Waals surface area contributed by atoms with Crippen LogP contribution in [-0.4, -0.2) is 45.0 Å². The predicted octanol–water partition coefficient (Wildman–Crippen LogP) is 1.21. The molecule has 1 rings (SSSR count). The maximum Gasteiger partial charge on any atom is 0.228 e. The molecule has 17 heavy (non-hydrogen) atoms. The largest absolute Gasteiger partial charge is 0.394 e. The van der Waals surface area contributed by atoms with E-state index in [2.05, 4.69) is 25.6 Å². The van der Waals surface area contributed by atoms with Gasteiger partial charge in [-0.1, -0.05) is 11.8 Å². The highest BCUT2D eigenvalue weighted by atomic mass is 32.2. The highest BCUT2D eigenvalue weighted by molar-refractivity contribution is 7.98. The molecule has 0 aliphatic heterocycles. The molecule has 0 radical (unpaired) electrons. The summed E-state index contributed by atoms with van der Waals surface area (Å²) in [6.07, 6.45) is 1.91. The number of aromatic nitrogens is 3. The number of anilines is 2. The zero-order valence-electron chi connectivity index (χ0n) is 10.6. The average Bonchev–Trinajstić information content (AvgIpc) is 2.28. The first kappa shape index (κ1) is 14.0. The van der Waals surface area contributed by atoms with Crippen LogP contribution in [0.1, 0.15) is 20.8 Å². The number of nitrogens with one attached hydrogen (secondary N) is 2. The summed E-state index contributed by atoms with van der Waals surface area (Å²) in [6.45, 7) is 6.49. The lowest BCUT2D eigenvalue weighted by Crippen LogP contribution is -2.35. The van der Waals surface area contributed by atoms with Crippen molar-refractivity contribution in [3.05, 3.63) is 0 Å². The lowest BCUT2D eigenvalue weighted by molar-refractivity contribution is 0.233. The maximum absolute atomic E-state index is 9.20. The van der Waals surface area contributed by atoms with E-state index in [1.54, 1.807) is 0 Å². The summed E-state index contributed by atoms with van der Waals surface area (Å²) in [4.78, 5) is 12.7. The monoisotopic (exact) mass is 257 g/mol. The fraction of sp³-hybridized carbons (Fsp3) is 0.700. The molecule has 0 bridgehead atoms. The Morgan fingerprint density at radius 3 is 2.41 bits per heavy atom. The second kappa shape index (κ2) is 6.02. The Kier molecular flexibility index (Phi) is 4.95. The summed E-state index contributed by atoms with van der Waals surface area (Å²) in [5, 5.41) is 16.0. The molecular formula is C10H19N5OS. The van der Waals surface area contributed by atoms with Crippen LogP contribution in [-0.2, 0) is 0 Å². The number of aliphatic hydroxyl groups excluding tert-OH is 1. The van der Waals surface area contributed by atoms with Crippen molar-refractivity contribution < 1.29 is 5.11 Å². The number of hydrogen-bond donors (Lipinski definition) is 3. The molecule has 6 nitrogen and oxygen atoms in total. The van der Waals surface area contributed by atoms with E-state index in [1.165, 1.54) is 11.8 Å². The van der Waals surface area contributed by atoms with Gasteiger partial charge in [0.25, 0.3) is 0 Å². The predicted molar refractivity (Wildman–Crippen MR) is 70.6 cm³/mol. The number of rotatable bonds is 6. The van der Waals surface area contributed by atoms with Crippen molar-refractivity contribution in [1.82, 2.24) is 15.0 Å². The molecule has 1 aromatic rings. The number of nitrogens with zero attached hydrogens (tertiary/aromatic N) is 3. The van der Waals surface area contributed by atoms with Crippen molar-refractivity contribution in [3.63, 3.8) is 0 Å². The fourth-order valence-corrected chi connectivity index (χ4v) is 1.44. The van der Waals surface area contributed by atoms with Crippen LogP contribution in [0, 0.1) is 0 Å². The van der Waals surface area contributed by atoms with E-state index >= 15 is 0 Å². The zero-order valence-corrected chi connectivity index (χ0v) is 11.4. The van der Waals surface area contributed by atoms with Crippen LogP contribution in [0.3, 0.4) is 0 Å². The van der Waals surface area contributed by atoms with Gasteiger partial charge in [0.05, 0.1) is 12.1 Å². The van der Waals surface area contributed by atoms with E-state index < -0.39 is 5.54 Å². The van der Waals surface area contributed by atoms with Gasteiger partial charge in [-0.3, -0.25) is 0 Å². The van der Waals surface area contributed by atoms with E-state index in [-0.39, 0.29) is 6.61 Å². The quantitative estimate of drug-likeness (QED) is 0.661. The van der Waals surface area contributed by atoms with E-state index in [4.69, 9.17) is 0 Å². The average molecular weight is 257 g/mol. The maximum atomic E-state index is 9.20. The van der Waals surface area contributed by atoms with Gasteiger partial charge in [0.2, 0.25) is 11.9 Å². The molecule has 0 atom stereocenters. The second-order valence-corrected chi connectivity index (χ2v) is 4.94. The number of aliphatic hydroxyl groups is 1. The molecule has 0 aromatic carbocycles. The molecule has 0 aliphatic rings. The second-order valence-electron chi connectivity index (χ2n) is 4.17. The minimum Gasteiger partial charge on any atom is -0.394 e. The Morgan fingerprint density at radius 1 is 1.24 bits per heavy atom. The molecule has 96 valence electrons. The SMILES string of the molecule is CCNc1nc(NC(C)(C)CO)nc(SC)n1. The number of hydrogen-bond acceptors (Lipinski definition) is 7. The van der Waals surface area contributed by atoms with Crippen LogP contribution >= 0.6 is 11.8 Å². The van der Waals surface area contributed by atoms with Gasteiger partial charge >= 0.3 is 0 Å². The van der Waals surface area contributed by atoms with E-state index in [0.717, 1.165) is 6.54 Å². The van der Waals surface area contributed by atoms with Crippen LogP contribution in [0.5, 0.6) is 0 Å². The van der Waals surface area contributed by atoms with Crippen LogP contribution < -0.4 is 10.6 Å². The number of thioether (sulfide) groups is 1. The smallest absolute Gasteiger partial charge is 0.228 e. The van der Waals surface area contributed by atoms with Crippen LogP contribution in [0.4, 0.5) is 11.9 Å². The Hall–Kier alpha value is -1.08. The summed E-state index contributed by atoms with van der Waals surface area (Å²) in [5.41, 5.74) is -0.458. The molecule has 0 unspecified atom stereocenters. The van der Waals surface area contributed by atoms with Crippen molar-refractivity contribution in [2.24, 2.45) is 0 Å².